The second-order valence-electron chi connectivity index (χ2n) is 22.7. The smallest absolute Gasteiger partial charge is 0.222 e. The van der Waals surface area contributed by atoms with Crippen molar-refractivity contribution in [2.75, 3.05) is 6.61 Å². The lowest BCUT2D eigenvalue weighted by molar-refractivity contribution is -0.125. The minimum atomic E-state index is -0.748. The number of rotatable bonds is 61. The van der Waals surface area contributed by atoms with E-state index in [0.29, 0.717) is 12.8 Å². The van der Waals surface area contributed by atoms with Crippen molar-refractivity contribution < 1.29 is 20.1 Å². The molecule has 1 amide bonds. The van der Waals surface area contributed by atoms with E-state index >= 15 is 0 Å². The van der Waals surface area contributed by atoms with Gasteiger partial charge in [0.2, 0.25) is 5.91 Å². The minimum absolute atomic E-state index is 0.0413. The average Bonchev–Trinajstić information content (AvgIpc) is 3.36. The molecule has 0 aliphatic heterocycles. The number of aliphatic hydroxyl groups is 3. The van der Waals surface area contributed by atoms with Gasteiger partial charge < -0.3 is 20.6 Å². The van der Waals surface area contributed by atoms with Gasteiger partial charge in [0.1, 0.15) is 0 Å². The van der Waals surface area contributed by atoms with Crippen LogP contribution in [0.2, 0.25) is 0 Å². The van der Waals surface area contributed by atoms with Gasteiger partial charge in [-0.15, -0.1) is 0 Å². The predicted octanol–water partition coefficient (Wildman–Crippen LogP) is 20.6. The van der Waals surface area contributed by atoms with Crippen LogP contribution in [0, 0.1) is 0 Å². The molecule has 0 spiro atoms. The highest BCUT2D eigenvalue weighted by atomic mass is 16.3. The Morgan fingerprint density at radius 2 is 0.571 bits per heavy atom. The number of hydrogen-bond acceptors (Lipinski definition) is 4. The second-order valence-corrected chi connectivity index (χ2v) is 22.7. The number of unbranched alkanes of at least 4 members (excludes halogenated alkanes) is 50. The van der Waals surface area contributed by atoms with Gasteiger partial charge in [-0.05, 0) is 38.5 Å². The minimum Gasteiger partial charge on any atom is -0.394 e. The number of carbonyl (C=O) groups excluding carboxylic acids is 1. The zero-order valence-electron chi connectivity index (χ0n) is 47.9. The van der Waals surface area contributed by atoms with E-state index in [9.17, 15) is 20.1 Å². The SMILES string of the molecule is CCCCCCCCCCCCCC/C=C\CCCCCCCCCCCCCCCCC(O)CC(=O)NC(CO)C(O)CCCCCCCCCCCCCCCCCCCCCCCCCCC. The lowest BCUT2D eigenvalue weighted by Crippen LogP contribution is -2.46. The molecule has 0 aliphatic carbocycles. The Morgan fingerprint density at radius 3 is 0.829 bits per heavy atom. The highest BCUT2D eigenvalue weighted by Gasteiger charge is 2.21. The van der Waals surface area contributed by atoms with Crippen molar-refractivity contribution in [2.24, 2.45) is 0 Å². The van der Waals surface area contributed by atoms with Gasteiger partial charge in [-0.2, -0.15) is 0 Å². The first kappa shape index (κ1) is 69.1. The Hall–Kier alpha value is -0.910. The van der Waals surface area contributed by atoms with Gasteiger partial charge in [0.15, 0.2) is 0 Å². The fourth-order valence-electron chi connectivity index (χ4n) is 10.6. The molecule has 5 nitrogen and oxygen atoms in total. The molecule has 0 bridgehead atoms. The molecule has 0 aromatic heterocycles. The summed E-state index contributed by atoms with van der Waals surface area (Å²) in [5, 5.41) is 33.8. The van der Waals surface area contributed by atoms with Crippen LogP contribution in [0.15, 0.2) is 12.2 Å². The Morgan fingerprint density at radius 1 is 0.343 bits per heavy atom. The van der Waals surface area contributed by atoms with Crippen molar-refractivity contribution in [1.82, 2.24) is 5.32 Å². The molecule has 0 saturated heterocycles. The van der Waals surface area contributed by atoms with Gasteiger partial charge in [0.25, 0.3) is 0 Å². The summed E-state index contributed by atoms with van der Waals surface area (Å²) in [6, 6.07) is -0.657. The maximum atomic E-state index is 12.6. The van der Waals surface area contributed by atoms with E-state index in [0.717, 1.165) is 25.7 Å². The van der Waals surface area contributed by atoms with Crippen LogP contribution in [-0.4, -0.2) is 46.1 Å². The van der Waals surface area contributed by atoms with Crippen LogP contribution in [0.4, 0.5) is 0 Å². The molecule has 5 heteroatoms. The molecule has 0 heterocycles. The Bertz CT molecular complexity index is 1000. The van der Waals surface area contributed by atoms with Gasteiger partial charge >= 0.3 is 0 Å². The van der Waals surface area contributed by atoms with E-state index in [2.05, 4.69) is 31.3 Å². The number of hydrogen-bond donors (Lipinski definition) is 4. The molecule has 0 rings (SSSR count). The summed E-state index contributed by atoms with van der Waals surface area (Å²) in [5.74, 6) is -0.275. The van der Waals surface area contributed by atoms with Crippen LogP contribution in [0.3, 0.4) is 0 Å². The van der Waals surface area contributed by atoms with Crippen LogP contribution >= 0.6 is 0 Å². The van der Waals surface area contributed by atoms with Crippen LogP contribution < -0.4 is 5.32 Å². The predicted molar refractivity (Wildman–Crippen MR) is 310 cm³/mol. The third kappa shape index (κ3) is 56.4. The van der Waals surface area contributed by atoms with E-state index in [4.69, 9.17) is 0 Å². The van der Waals surface area contributed by atoms with Crippen molar-refractivity contribution in [3.8, 4) is 0 Å². The molecule has 0 aromatic rings. The number of amides is 1. The van der Waals surface area contributed by atoms with E-state index in [1.54, 1.807) is 0 Å². The first-order chi connectivity index (χ1) is 34.5. The second kappa shape index (κ2) is 60.6. The summed E-state index contributed by atoms with van der Waals surface area (Å²) in [7, 11) is 0. The van der Waals surface area contributed by atoms with Gasteiger partial charge in [-0.1, -0.05) is 341 Å². The maximum absolute atomic E-state index is 12.6. The zero-order valence-corrected chi connectivity index (χ0v) is 47.9. The molecule has 70 heavy (non-hydrogen) atoms. The zero-order chi connectivity index (χ0) is 50.7. The highest BCUT2D eigenvalue weighted by molar-refractivity contribution is 5.76. The molecule has 0 aliphatic rings. The molecule has 3 unspecified atom stereocenters. The molecule has 0 saturated carbocycles. The summed E-state index contributed by atoms with van der Waals surface area (Å²) in [5.41, 5.74) is 0. The summed E-state index contributed by atoms with van der Waals surface area (Å²) in [4.78, 5) is 12.6. The molecule has 4 N–H and O–H groups in total. The standard InChI is InChI=1S/C65H129NO4/c1-3-5-7-9-11-13-15-17-19-21-23-25-27-29-30-31-32-33-35-36-38-40-42-44-46-48-50-52-54-56-58-62(68)60-65(70)66-63(61-67)64(69)59-57-55-53-51-49-47-45-43-41-39-37-34-28-26-24-22-20-18-16-14-12-10-8-6-4-2/h29-30,62-64,67-69H,3-28,31-61H2,1-2H3,(H,66,70)/b30-29-. The fraction of sp³-hybridized carbons (Fsp3) is 0.954. The lowest BCUT2D eigenvalue weighted by atomic mass is 10.0. The monoisotopic (exact) mass is 988 g/mol. The summed E-state index contributed by atoms with van der Waals surface area (Å²) < 4.78 is 0. The van der Waals surface area contributed by atoms with Crippen LogP contribution in [0.1, 0.15) is 373 Å². The quantitative estimate of drug-likeness (QED) is 0.0361. The van der Waals surface area contributed by atoms with Crippen molar-refractivity contribution in [2.45, 2.75) is 392 Å². The molecule has 3 atom stereocenters. The van der Waals surface area contributed by atoms with Gasteiger partial charge in [0.05, 0.1) is 31.3 Å². The molecule has 0 aromatic carbocycles. The largest absolute Gasteiger partial charge is 0.394 e. The Labute approximate surface area is 440 Å². The third-order valence-corrected chi connectivity index (χ3v) is 15.6. The molecule has 418 valence electrons. The first-order valence-electron chi connectivity index (χ1n) is 32.5. The first-order valence-corrected chi connectivity index (χ1v) is 32.5. The molecule has 0 radical (unpaired) electrons. The van der Waals surface area contributed by atoms with E-state index in [-0.39, 0.29) is 18.9 Å². The maximum Gasteiger partial charge on any atom is 0.222 e. The summed E-state index contributed by atoms with van der Waals surface area (Å²) in [6.45, 7) is 4.32. The van der Waals surface area contributed by atoms with Crippen molar-refractivity contribution >= 4 is 5.91 Å². The van der Waals surface area contributed by atoms with Crippen molar-refractivity contribution in [3.05, 3.63) is 12.2 Å². The van der Waals surface area contributed by atoms with Crippen molar-refractivity contribution in [3.63, 3.8) is 0 Å². The number of allylic oxidation sites excluding steroid dienone is 2. The molecular weight excluding hydrogens is 859 g/mol. The van der Waals surface area contributed by atoms with Gasteiger partial charge in [-0.3, -0.25) is 4.79 Å². The van der Waals surface area contributed by atoms with E-state index < -0.39 is 18.2 Å². The Balaban J connectivity index is 3.47. The lowest BCUT2D eigenvalue weighted by Gasteiger charge is -2.23. The van der Waals surface area contributed by atoms with Gasteiger partial charge in [0, 0.05) is 0 Å². The fourth-order valence-corrected chi connectivity index (χ4v) is 10.6. The number of aliphatic hydroxyl groups excluding tert-OH is 3. The topological polar surface area (TPSA) is 89.8 Å². The summed E-state index contributed by atoms with van der Waals surface area (Å²) >= 11 is 0. The van der Waals surface area contributed by atoms with E-state index in [1.165, 1.54) is 315 Å². The van der Waals surface area contributed by atoms with Crippen molar-refractivity contribution in [1.29, 1.82) is 0 Å². The number of carbonyl (C=O) groups is 1. The van der Waals surface area contributed by atoms with Crippen LogP contribution in [0.25, 0.3) is 0 Å². The van der Waals surface area contributed by atoms with Gasteiger partial charge in [-0.25, -0.2) is 0 Å². The molecular formula is C65H129NO4. The summed E-state index contributed by atoms with van der Waals surface area (Å²) in [6.07, 6.45) is 76.9. The van der Waals surface area contributed by atoms with E-state index in [1.807, 2.05) is 0 Å². The molecule has 0 fully saturated rings. The Kier molecular flexibility index (Phi) is 59.9. The third-order valence-electron chi connectivity index (χ3n) is 15.6. The normalized spacial score (nSPS) is 13.2. The highest BCUT2D eigenvalue weighted by Crippen LogP contribution is 2.19. The number of nitrogens with one attached hydrogen (secondary N) is 1. The van der Waals surface area contributed by atoms with Crippen LogP contribution in [0.5, 0.6) is 0 Å². The van der Waals surface area contributed by atoms with Crippen LogP contribution in [-0.2, 0) is 4.79 Å². The average molecular weight is 989 g/mol.